The van der Waals surface area contributed by atoms with Crippen molar-refractivity contribution >= 4 is 11.0 Å². The number of halogens is 3. The number of fused-ring (bicyclic) bond motifs is 1. The first-order valence-electron chi connectivity index (χ1n) is 5.17. The molecule has 0 bridgehead atoms. The average molecular weight is 243 g/mol. The van der Waals surface area contributed by atoms with Crippen LogP contribution in [0.4, 0.5) is 13.2 Å². The zero-order valence-electron chi connectivity index (χ0n) is 9.21. The molecule has 2 nitrogen and oxygen atoms in total. The minimum Gasteiger partial charge on any atom is -0.464 e. The van der Waals surface area contributed by atoms with Gasteiger partial charge in [-0.1, -0.05) is 6.07 Å². The molecular formula is C12H12F3NO. The molecule has 0 aliphatic rings. The van der Waals surface area contributed by atoms with Gasteiger partial charge in [0, 0.05) is 11.9 Å². The van der Waals surface area contributed by atoms with Gasteiger partial charge in [0.05, 0.1) is 6.26 Å². The molecule has 1 heterocycles. The van der Waals surface area contributed by atoms with Crippen LogP contribution in [0.5, 0.6) is 0 Å². The summed E-state index contributed by atoms with van der Waals surface area (Å²) in [5.74, 6) is 0. The van der Waals surface area contributed by atoms with Crippen molar-refractivity contribution in [2.75, 3.05) is 13.6 Å². The van der Waals surface area contributed by atoms with Crippen molar-refractivity contribution in [1.29, 1.82) is 0 Å². The Morgan fingerprint density at radius 2 is 2.12 bits per heavy atom. The molecule has 0 spiro atoms. The minimum absolute atomic E-state index is 0.0456. The van der Waals surface area contributed by atoms with Crippen LogP contribution >= 0.6 is 0 Å². The second-order valence-electron chi connectivity index (χ2n) is 3.87. The number of hydrogen-bond donors (Lipinski definition) is 1. The third kappa shape index (κ3) is 2.02. The number of hydrogen-bond acceptors (Lipinski definition) is 2. The SMILES string of the molecule is CNCC(F)(c1ccc2occc2c1)C(F)F. The third-order valence-corrected chi connectivity index (χ3v) is 2.71. The monoisotopic (exact) mass is 243 g/mol. The van der Waals surface area contributed by atoms with Gasteiger partial charge in [0.1, 0.15) is 5.58 Å². The maximum absolute atomic E-state index is 14.2. The quantitative estimate of drug-likeness (QED) is 0.892. The van der Waals surface area contributed by atoms with Crippen LogP contribution in [-0.2, 0) is 5.67 Å². The molecule has 0 radical (unpaired) electrons. The highest BCUT2D eigenvalue weighted by molar-refractivity contribution is 5.78. The van der Waals surface area contributed by atoms with Crippen LogP contribution in [0.25, 0.3) is 11.0 Å². The molecule has 0 saturated heterocycles. The van der Waals surface area contributed by atoms with E-state index in [1.807, 2.05) is 0 Å². The van der Waals surface area contributed by atoms with Gasteiger partial charge in [0.25, 0.3) is 6.43 Å². The molecule has 0 aliphatic heterocycles. The molecule has 1 aromatic carbocycles. The highest BCUT2D eigenvalue weighted by atomic mass is 19.3. The maximum atomic E-state index is 14.2. The topological polar surface area (TPSA) is 25.2 Å². The number of alkyl halides is 3. The van der Waals surface area contributed by atoms with Gasteiger partial charge in [0.2, 0.25) is 5.67 Å². The molecule has 1 atom stereocenters. The minimum atomic E-state index is -3.08. The Balaban J connectivity index is 2.48. The van der Waals surface area contributed by atoms with Crippen LogP contribution < -0.4 is 5.32 Å². The molecule has 2 rings (SSSR count). The van der Waals surface area contributed by atoms with Crippen molar-refractivity contribution in [2.24, 2.45) is 0 Å². The highest BCUT2D eigenvalue weighted by Crippen LogP contribution is 2.34. The summed E-state index contributed by atoms with van der Waals surface area (Å²) >= 11 is 0. The number of benzene rings is 1. The lowest BCUT2D eigenvalue weighted by Gasteiger charge is -2.24. The molecule has 1 aromatic heterocycles. The van der Waals surface area contributed by atoms with Crippen LogP contribution in [0.1, 0.15) is 5.56 Å². The molecule has 0 aliphatic carbocycles. The van der Waals surface area contributed by atoms with E-state index in [9.17, 15) is 13.2 Å². The molecule has 2 aromatic rings. The summed E-state index contributed by atoms with van der Waals surface area (Å²) in [5, 5.41) is 3.06. The van der Waals surface area contributed by atoms with Gasteiger partial charge in [0.15, 0.2) is 0 Å². The van der Waals surface area contributed by atoms with Gasteiger partial charge >= 0.3 is 0 Å². The first kappa shape index (κ1) is 12.0. The van der Waals surface area contributed by atoms with E-state index in [2.05, 4.69) is 5.32 Å². The number of rotatable bonds is 4. The fourth-order valence-corrected chi connectivity index (χ4v) is 1.79. The molecular weight excluding hydrogens is 231 g/mol. The van der Waals surface area contributed by atoms with Crippen LogP contribution in [-0.4, -0.2) is 20.0 Å². The van der Waals surface area contributed by atoms with E-state index in [0.29, 0.717) is 11.0 Å². The van der Waals surface area contributed by atoms with Gasteiger partial charge in [-0.05, 0) is 30.8 Å². The second-order valence-corrected chi connectivity index (χ2v) is 3.87. The first-order chi connectivity index (χ1) is 8.08. The standard InChI is InChI=1S/C12H12F3NO/c1-16-7-12(15,11(13)14)9-2-3-10-8(6-9)4-5-17-10/h2-6,11,16H,7H2,1H3. The van der Waals surface area contributed by atoms with E-state index < -0.39 is 18.6 Å². The van der Waals surface area contributed by atoms with E-state index in [1.54, 1.807) is 6.07 Å². The summed E-state index contributed by atoms with van der Waals surface area (Å²) in [6, 6.07) is 5.83. The van der Waals surface area contributed by atoms with Crippen molar-refractivity contribution in [3.63, 3.8) is 0 Å². The Morgan fingerprint density at radius 1 is 1.35 bits per heavy atom. The molecule has 0 fully saturated rings. The van der Waals surface area contributed by atoms with E-state index in [4.69, 9.17) is 4.42 Å². The van der Waals surface area contributed by atoms with Crippen molar-refractivity contribution in [3.05, 3.63) is 36.1 Å². The van der Waals surface area contributed by atoms with Crippen molar-refractivity contribution in [3.8, 4) is 0 Å². The Bertz CT molecular complexity index is 511. The van der Waals surface area contributed by atoms with Crippen LogP contribution in [0.15, 0.2) is 34.9 Å². The van der Waals surface area contributed by atoms with Gasteiger partial charge < -0.3 is 9.73 Å². The number of nitrogens with one attached hydrogen (secondary N) is 1. The fourth-order valence-electron chi connectivity index (χ4n) is 1.79. The predicted octanol–water partition coefficient (Wildman–Crippen LogP) is 3.08. The Kier molecular flexibility index (Phi) is 3.11. The lowest BCUT2D eigenvalue weighted by Crippen LogP contribution is -2.39. The largest absolute Gasteiger partial charge is 0.464 e. The third-order valence-electron chi connectivity index (χ3n) is 2.71. The van der Waals surface area contributed by atoms with Crippen molar-refractivity contribution in [1.82, 2.24) is 5.32 Å². The Labute approximate surface area is 96.4 Å². The molecule has 1 unspecified atom stereocenters. The molecule has 1 N–H and O–H groups in total. The molecule has 92 valence electrons. The molecule has 17 heavy (non-hydrogen) atoms. The summed E-state index contributed by atoms with van der Waals surface area (Å²) < 4.78 is 45.0. The first-order valence-corrected chi connectivity index (χ1v) is 5.17. The normalized spacial score (nSPS) is 15.4. The fraction of sp³-hybridized carbons (Fsp3) is 0.333. The molecule has 0 saturated carbocycles. The molecule has 0 amide bonds. The number of furan rings is 1. The Hall–Kier alpha value is -1.49. The summed E-state index contributed by atoms with van der Waals surface area (Å²) in [7, 11) is 1.44. The van der Waals surface area contributed by atoms with Gasteiger partial charge in [-0.25, -0.2) is 13.2 Å². The van der Waals surface area contributed by atoms with Gasteiger partial charge in [-0.15, -0.1) is 0 Å². The van der Waals surface area contributed by atoms with Gasteiger partial charge in [-0.3, -0.25) is 0 Å². The lowest BCUT2D eigenvalue weighted by atomic mass is 9.95. The van der Waals surface area contributed by atoms with Crippen molar-refractivity contribution in [2.45, 2.75) is 12.1 Å². The summed E-state index contributed by atoms with van der Waals surface area (Å²) in [4.78, 5) is 0. The Morgan fingerprint density at radius 3 is 2.76 bits per heavy atom. The lowest BCUT2D eigenvalue weighted by molar-refractivity contribution is -0.0368. The summed E-state index contributed by atoms with van der Waals surface area (Å²) in [5.41, 5.74) is -2.18. The smallest absolute Gasteiger partial charge is 0.277 e. The molecule has 5 heteroatoms. The van der Waals surface area contributed by atoms with Crippen LogP contribution in [0.2, 0.25) is 0 Å². The summed E-state index contributed by atoms with van der Waals surface area (Å²) in [6.07, 6.45) is -1.64. The van der Waals surface area contributed by atoms with Crippen molar-refractivity contribution < 1.29 is 17.6 Å². The van der Waals surface area contributed by atoms with E-state index in [1.165, 1.54) is 31.5 Å². The second kappa shape index (κ2) is 4.41. The average Bonchev–Trinajstić information content (AvgIpc) is 2.75. The highest BCUT2D eigenvalue weighted by Gasteiger charge is 2.41. The maximum Gasteiger partial charge on any atom is 0.277 e. The predicted molar refractivity (Wildman–Crippen MR) is 58.9 cm³/mol. The van der Waals surface area contributed by atoms with E-state index >= 15 is 0 Å². The number of likely N-dealkylation sites (N-methyl/N-ethyl adjacent to an activating group) is 1. The van der Waals surface area contributed by atoms with Crippen LogP contribution in [0, 0.1) is 0 Å². The van der Waals surface area contributed by atoms with Crippen LogP contribution in [0.3, 0.4) is 0 Å². The zero-order valence-corrected chi connectivity index (χ0v) is 9.21. The summed E-state index contributed by atoms with van der Waals surface area (Å²) in [6.45, 7) is -0.436. The van der Waals surface area contributed by atoms with Gasteiger partial charge in [-0.2, -0.15) is 0 Å². The van der Waals surface area contributed by atoms with E-state index in [-0.39, 0.29) is 5.56 Å². The zero-order chi connectivity index (χ0) is 12.5. The van der Waals surface area contributed by atoms with E-state index in [0.717, 1.165) is 0 Å².